The number of nitrogens with zero attached hydrogens (tertiary/aromatic N) is 1. The van der Waals surface area contributed by atoms with Crippen molar-refractivity contribution >= 4 is 23.3 Å². The highest BCUT2D eigenvalue weighted by Crippen LogP contribution is 2.26. The quantitative estimate of drug-likeness (QED) is 0.483. The second-order valence-electron chi connectivity index (χ2n) is 4.37. The van der Waals surface area contributed by atoms with Crippen molar-refractivity contribution in [3.8, 4) is 0 Å². The first-order valence-electron chi connectivity index (χ1n) is 6.19. The maximum Gasteiger partial charge on any atom is 0.338 e. The maximum absolute atomic E-state index is 12.0. The van der Waals surface area contributed by atoms with Crippen LogP contribution in [0.1, 0.15) is 28.9 Å². The highest BCUT2D eigenvalue weighted by Gasteiger charge is 2.16. The Morgan fingerprint density at radius 2 is 1.81 bits per heavy atom. The number of ether oxygens (including phenoxy) is 1. The summed E-state index contributed by atoms with van der Waals surface area (Å²) in [7, 11) is 0. The molecule has 5 nitrogen and oxygen atoms in total. The SMILES string of the molecule is C[C@@H](OC(=O)c1ccc([N+](=O)[O-])cc1)c1ccccc1Cl. The monoisotopic (exact) mass is 305 g/mol. The number of esters is 1. The third-order valence-corrected chi connectivity index (χ3v) is 3.29. The Morgan fingerprint density at radius 3 is 2.38 bits per heavy atom. The zero-order chi connectivity index (χ0) is 15.4. The zero-order valence-corrected chi connectivity index (χ0v) is 11.9. The molecular formula is C15H12ClNO4. The number of nitro benzene ring substituents is 1. The summed E-state index contributed by atoms with van der Waals surface area (Å²) in [5.74, 6) is -0.558. The first-order chi connectivity index (χ1) is 9.99. The molecule has 0 saturated heterocycles. The van der Waals surface area contributed by atoms with Gasteiger partial charge in [-0.2, -0.15) is 0 Å². The summed E-state index contributed by atoms with van der Waals surface area (Å²) >= 11 is 6.04. The molecule has 0 radical (unpaired) electrons. The van der Waals surface area contributed by atoms with E-state index in [9.17, 15) is 14.9 Å². The van der Waals surface area contributed by atoms with Crippen molar-refractivity contribution in [2.75, 3.05) is 0 Å². The molecule has 0 N–H and O–H groups in total. The van der Waals surface area contributed by atoms with Gasteiger partial charge in [-0.25, -0.2) is 4.79 Å². The predicted octanol–water partition coefficient (Wildman–Crippen LogP) is 4.17. The third kappa shape index (κ3) is 3.58. The Kier molecular flexibility index (Phi) is 4.55. The molecule has 0 saturated carbocycles. The minimum Gasteiger partial charge on any atom is -0.454 e. The van der Waals surface area contributed by atoms with Gasteiger partial charge in [0.05, 0.1) is 10.5 Å². The van der Waals surface area contributed by atoms with Crippen molar-refractivity contribution in [3.63, 3.8) is 0 Å². The van der Waals surface area contributed by atoms with E-state index in [0.29, 0.717) is 10.6 Å². The van der Waals surface area contributed by atoms with Gasteiger partial charge in [0.25, 0.3) is 5.69 Å². The van der Waals surface area contributed by atoms with E-state index < -0.39 is 17.0 Å². The Bertz CT molecular complexity index is 670. The van der Waals surface area contributed by atoms with Crippen molar-refractivity contribution in [1.29, 1.82) is 0 Å². The highest BCUT2D eigenvalue weighted by atomic mass is 35.5. The van der Waals surface area contributed by atoms with E-state index in [1.54, 1.807) is 31.2 Å². The molecule has 1 atom stereocenters. The van der Waals surface area contributed by atoms with Crippen molar-refractivity contribution in [3.05, 3.63) is 74.8 Å². The second-order valence-corrected chi connectivity index (χ2v) is 4.78. The molecule has 0 fully saturated rings. The van der Waals surface area contributed by atoms with Gasteiger partial charge in [-0.3, -0.25) is 10.1 Å². The number of rotatable bonds is 4. The van der Waals surface area contributed by atoms with Gasteiger partial charge in [-0.05, 0) is 25.1 Å². The van der Waals surface area contributed by atoms with E-state index in [2.05, 4.69) is 0 Å². The molecule has 0 aliphatic rings. The molecule has 0 bridgehead atoms. The molecular weight excluding hydrogens is 294 g/mol. The summed E-state index contributed by atoms with van der Waals surface area (Å²) in [6.45, 7) is 1.71. The fourth-order valence-electron chi connectivity index (χ4n) is 1.82. The van der Waals surface area contributed by atoms with Crippen LogP contribution in [0.4, 0.5) is 5.69 Å². The molecule has 108 valence electrons. The molecule has 0 unspecified atom stereocenters. The second kappa shape index (κ2) is 6.37. The van der Waals surface area contributed by atoms with E-state index in [0.717, 1.165) is 0 Å². The van der Waals surface area contributed by atoms with Crippen molar-refractivity contribution in [1.82, 2.24) is 0 Å². The van der Waals surface area contributed by atoms with E-state index >= 15 is 0 Å². The van der Waals surface area contributed by atoms with Gasteiger partial charge < -0.3 is 4.74 Å². The van der Waals surface area contributed by atoms with Gasteiger partial charge in [0, 0.05) is 22.7 Å². The van der Waals surface area contributed by atoms with Gasteiger partial charge in [-0.1, -0.05) is 29.8 Å². The number of hydrogen-bond acceptors (Lipinski definition) is 4. The number of carbonyl (C=O) groups excluding carboxylic acids is 1. The molecule has 0 aliphatic heterocycles. The van der Waals surface area contributed by atoms with Crippen LogP contribution in [-0.2, 0) is 4.74 Å². The molecule has 2 rings (SSSR count). The van der Waals surface area contributed by atoms with Crippen LogP contribution in [-0.4, -0.2) is 10.9 Å². The summed E-state index contributed by atoms with van der Waals surface area (Å²) in [6.07, 6.45) is -0.513. The summed E-state index contributed by atoms with van der Waals surface area (Å²) in [5.41, 5.74) is 0.875. The van der Waals surface area contributed by atoms with Crippen LogP contribution in [0.5, 0.6) is 0 Å². The summed E-state index contributed by atoms with van der Waals surface area (Å²) in [4.78, 5) is 22.0. The lowest BCUT2D eigenvalue weighted by molar-refractivity contribution is -0.384. The third-order valence-electron chi connectivity index (χ3n) is 2.94. The largest absolute Gasteiger partial charge is 0.454 e. The number of halogens is 1. The van der Waals surface area contributed by atoms with Gasteiger partial charge in [-0.15, -0.1) is 0 Å². The van der Waals surface area contributed by atoms with E-state index in [1.807, 2.05) is 0 Å². The number of non-ortho nitro benzene ring substituents is 1. The van der Waals surface area contributed by atoms with Gasteiger partial charge in [0.15, 0.2) is 0 Å². The Labute approximate surface area is 126 Å². The van der Waals surface area contributed by atoms with Crippen LogP contribution in [0.15, 0.2) is 48.5 Å². The minimum absolute atomic E-state index is 0.0781. The molecule has 0 aromatic heterocycles. The van der Waals surface area contributed by atoms with E-state index in [4.69, 9.17) is 16.3 Å². The number of hydrogen-bond donors (Lipinski definition) is 0. The summed E-state index contributed by atoms with van der Waals surface area (Å²) in [5, 5.41) is 11.1. The molecule has 0 spiro atoms. The average Bonchev–Trinajstić information content (AvgIpc) is 2.47. The highest BCUT2D eigenvalue weighted by molar-refractivity contribution is 6.31. The maximum atomic E-state index is 12.0. The Hall–Kier alpha value is -2.40. The van der Waals surface area contributed by atoms with Crippen molar-refractivity contribution in [2.24, 2.45) is 0 Å². The summed E-state index contributed by atoms with van der Waals surface area (Å²) in [6, 6.07) is 12.3. The fraction of sp³-hybridized carbons (Fsp3) is 0.133. The predicted molar refractivity (Wildman–Crippen MR) is 78.4 cm³/mol. The normalized spacial score (nSPS) is 11.7. The number of benzene rings is 2. The first kappa shape index (κ1) is 15.0. The molecule has 21 heavy (non-hydrogen) atoms. The molecule has 6 heteroatoms. The van der Waals surface area contributed by atoms with E-state index in [-0.39, 0.29) is 11.3 Å². The molecule has 0 heterocycles. The van der Waals surface area contributed by atoms with E-state index in [1.165, 1.54) is 24.3 Å². The average molecular weight is 306 g/mol. The molecule has 0 aliphatic carbocycles. The van der Waals surface area contributed by atoms with Crippen LogP contribution in [0.2, 0.25) is 5.02 Å². The van der Waals surface area contributed by atoms with Crippen molar-refractivity contribution in [2.45, 2.75) is 13.0 Å². The van der Waals surface area contributed by atoms with Crippen LogP contribution in [0.25, 0.3) is 0 Å². The van der Waals surface area contributed by atoms with Crippen LogP contribution >= 0.6 is 11.6 Å². The number of nitro groups is 1. The van der Waals surface area contributed by atoms with Crippen LogP contribution in [0.3, 0.4) is 0 Å². The lowest BCUT2D eigenvalue weighted by Crippen LogP contribution is -2.09. The van der Waals surface area contributed by atoms with Gasteiger partial charge in [0.2, 0.25) is 0 Å². The Balaban J connectivity index is 2.11. The lowest BCUT2D eigenvalue weighted by Gasteiger charge is -2.14. The number of carbonyl (C=O) groups is 1. The van der Waals surface area contributed by atoms with Gasteiger partial charge in [0.1, 0.15) is 6.10 Å². The minimum atomic E-state index is -0.558. The smallest absolute Gasteiger partial charge is 0.338 e. The standard InChI is InChI=1S/C15H12ClNO4/c1-10(13-4-2-3-5-14(13)16)21-15(18)11-6-8-12(9-7-11)17(19)20/h2-10H,1H3/t10-/m1/s1. The van der Waals surface area contributed by atoms with Crippen LogP contribution in [0, 0.1) is 10.1 Å². The van der Waals surface area contributed by atoms with Crippen LogP contribution < -0.4 is 0 Å². The van der Waals surface area contributed by atoms with Crippen molar-refractivity contribution < 1.29 is 14.5 Å². The summed E-state index contributed by atoms with van der Waals surface area (Å²) < 4.78 is 5.31. The molecule has 2 aromatic rings. The molecule has 2 aromatic carbocycles. The zero-order valence-electron chi connectivity index (χ0n) is 11.2. The fourth-order valence-corrected chi connectivity index (χ4v) is 2.11. The molecule has 0 amide bonds. The topological polar surface area (TPSA) is 69.4 Å². The first-order valence-corrected chi connectivity index (χ1v) is 6.56. The lowest BCUT2D eigenvalue weighted by atomic mass is 10.1. The Morgan fingerprint density at radius 1 is 1.19 bits per heavy atom. The van der Waals surface area contributed by atoms with Gasteiger partial charge >= 0.3 is 5.97 Å².